The molecule has 0 fully saturated rings. The topological polar surface area (TPSA) is 77.7 Å². The number of rotatable bonds is 6. The first-order valence-corrected chi connectivity index (χ1v) is 7.22. The van der Waals surface area contributed by atoms with Crippen molar-refractivity contribution in [1.82, 2.24) is 24.8 Å². The molecule has 0 saturated carbocycles. The van der Waals surface area contributed by atoms with E-state index in [4.69, 9.17) is 0 Å². The van der Waals surface area contributed by atoms with E-state index >= 15 is 0 Å². The van der Waals surface area contributed by atoms with Gasteiger partial charge in [-0.25, -0.2) is 9.97 Å². The van der Waals surface area contributed by atoms with Gasteiger partial charge >= 0.3 is 0 Å². The summed E-state index contributed by atoms with van der Waals surface area (Å²) in [6.45, 7) is 8.30. The fourth-order valence-electron chi connectivity index (χ4n) is 2.48. The first-order chi connectivity index (χ1) is 11.2. The zero-order valence-corrected chi connectivity index (χ0v) is 12.6. The maximum atomic E-state index is 12.5. The first kappa shape index (κ1) is 14.8. The van der Waals surface area contributed by atoms with Crippen LogP contribution in [0.5, 0.6) is 0 Å². The molecule has 0 atom stereocenters. The average molecular weight is 311 g/mol. The van der Waals surface area contributed by atoms with Gasteiger partial charge in [0.1, 0.15) is 17.7 Å². The Labute approximate surface area is 136 Å². The van der Waals surface area contributed by atoms with Crippen molar-refractivity contribution in [2.45, 2.75) is 0 Å². The highest BCUT2D eigenvalue weighted by Crippen LogP contribution is 2.25. The molecule has 2 N–H and O–H groups in total. The summed E-state index contributed by atoms with van der Waals surface area (Å²) in [7, 11) is 0. The third-order valence-electron chi connectivity index (χ3n) is 3.53. The molecule has 6 heteroatoms. The van der Waals surface area contributed by atoms with Crippen LogP contribution in [-0.2, 0) is 0 Å². The monoisotopic (exact) mass is 311 g/mol. The summed E-state index contributed by atoms with van der Waals surface area (Å²) < 4.78 is 0. The van der Waals surface area contributed by atoms with E-state index in [9.17, 15) is 4.79 Å². The number of carbonyl (C=O) groups is 1. The van der Waals surface area contributed by atoms with Crippen molar-refractivity contribution in [3.8, 4) is 11.3 Å². The molecule has 0 bridgehead atoms. The van der Waals surface area contributed by atoms with Gasteiger partial charge in [0.25, 0.3) is 5.91 Å². The second-order valence-electron chi connectivity index (χ2n) is 5.05. The lowest BCUT2D eigenvalue weighted by Crippen LogP contribution is -2.31. The molecule has 23 heavy (non-hydrogen) atoms. The molecule has 3 aromatic rings. The van der Waals surface area contributed by atoms with Crippen molar-refractivity contribution in [3.63, 3.8) is 0 Å². The molecular formula is C17H21N5O. The molecule has 1 amide bonds. The van der Waals surface area contributed by atoms with E-state index in [1.165, 1.54) is 6.33 Å². The van der Waals surface area contributed by atoms with E-state index in [1.54, 1.807) is 29.3 Å². The molecule has 0 aromatic carbocycles. The van der Waals surface area contributed by atoms with Crippen LogP contribution in [0, 0.1) is 0 Å². The summed E-state index contributed by atoms with van der Waals surface area (Å²) in [6.07, 6.45) is 8.49. The van der Waals surface area contributed by atoms with E-state index in [0.717, 1.165) is 22.3 Å². The summed E-state index contributed by atoms with van der Waals surface area (Å²) in [5, 5.41) is 0.916. The molecule has 0 aliphatic heterocycles. The second kappa shape index (κ2) is 6.31. The van der Waals surface area contributed by atoms with Crippen molar-refractivity contribution in [2.75, 3.05) is 13.1 Å². The van der Waals surface area contributed by atoms with Gasteiger partial charge < -0.3 is 14.9 Å². The van der Waals surface area contributed by atoms with Crippen molar-refractivity contribution in [1.29, 1.82) is 0 Å². The third kappa shape index (κ3) is 2.78. The molecule has 6 nitrogen and oxygen atoms in total. The van der Waals surface area contributed by atoms with Gasteiger partial charge in [-0.15, -0.1) is 13.2 Å². The number of aromatic amines is 2. The van der Waals surface area contributed by atoms with Crippen LogP contribution in [0.1, 0.15) is 13.3 Å². The zero-order chi connectivity index (χ0) is 16.2. The maximum absolute atomic E-state index is 12.5. The van der Waals surface area contributed by atoms with Gasteiger partial charge in [0.2, 0.25) is 0 Å². The van der Waals surface area contributed by atoms with Crippen LogP contribution in [0.2, 0.25) is 0 Å². The Morgan fingerprint density at radius 3 is 2.78 bits per heavy atom. The van der Waals surface area contributed by atoms with Crippen LogP contribution in [0.25, 0.3) is 22.3 Å². The van der Waals surface area contributed by atoms with Gasteiger partial charge in [0.05, 0.1) is 5.69 Å². The van der Waals surface area contributed by atoms with Gasteiger partial charge in [0.15, 0.2) is 0 Å². The number of fused-ring (bicyclic) bond motifs is 1. The van der Waals surface area contributed by atoms with Crippen LogP contribution >= 0.6 is 0 Å². The number of hydrogen-bond donors (Lipinski definition) is 2. The fraction of sp³-hybridized carbons (Fsp3) is 0.118. The van der Waals surface area contributed by atoms with Crippen molar-refractivity contribution in [2.24, 2.45) is 0 Å². The van der Waals surface area contributed by atoms with Gasteiger partial charge in [0, 0.05) is 39.3 Å². The van der Waals surface area contributed by atoms with E-state index in [1.807, 2.05) is 12.3 Å². The Balaban J connectivity index is 0.00000156. The molecule has 0 unspecified atom stereocenters. The molecule has 0 aliphatic carbocycles. The summed E-state index contributed by atoms with van der Waals surface area (Å²) >= 11 is 0. The highest BCUT2D eigenvalue weighted by molar-refractivity contribution is 5.96. The lowest BCUT2D eigenvalue weighted by Gasteiger charge is -2.18. The Morgan fingerprint density at radius 2 is 2.04 bits per heavy atom. The fourth-order valence-corrected chi connectivity index (χ4v) is 2.48. The van der Waals surface area contributed by atoms with E-state index in [0.29, 0.717) is 18.8 Å². The minimum Gasteiger partial charge on any atom is -0.357 e. The first-order valence-electron chi connectivity index (χ1n) is 7.22. The van der Waals surface area contributed by atoms with Crippen LogP contribution in [0.3, 0.4) is 0 Å². The molecule has 3 heterocycles. The summed E-state index contributed by atoms with van der Waals surface area (Å²) in [6, 6.07) is 3.72. The number of carbonyl (C=O) groups excluding carboxylic acids is 1. The van der Waals surface area contributed by atoms with Crippen LogP contribution in [-0.4, -0.2) is 43.8 Å². The Morgan fingerprint density at radius 1 is 1.26 bits per heavy atom. The zero-order valence-electron chi connectivity index (χ0n) is 12.6. The van der Waals surface area contributed by atoms with Crippen LogP contribution in [0.4, 0.5) is 0 Å². The van der Waals surface area contributed by atoms with Gasteiger partial charge in [-0.05, 0) is 12.1 Å². The molecule has 3 aromatic heterocycles. The number of amides is 1. The largest absolute Gasteiger partial charge is 0.357 e. The van der Waals surface area contributed by atoms with Gasteiger partial charge in [-0.3, -0.25) is 4.79 Å². The van der Waals surface area contributed by atoms with Gasteiger partial charge in [-0.1, -0.05) is 12.2 Å². The summed E-state index contributed by atoms with van der Waals surface area (Å²) in [4.78, 5) is 28.8. The molecule has 0 radical (unpaired) electrons. The smallest absolute Gasteiger partial charge is 0.270 e. The van der Waals surface area contributed by atoms with E-state index in [2.05, 4.69) is 33.1 Å². The minimum atomic E-state index is -0.101. The molecular weight excluding hydrogens is 290 g/mol. The van der Waals surface area contributed by atoms with Crippen molar-refractivity contribution in [3.05, 3.63) is 61.9 Å². The number of H-pyrrole nitrogens is 2. The molecule has 0 spiro atoms. The van der Waals surface area contributed by atoms with Crippen molar-refractivity contribution < 1.29 is 7.65 Å². The Hall–Kier alpha value is -3.15. The maximum Gasteiger partial charge on any atom is 0.270 e. The predicted octanol–water partition coefficient (Wildman–Crippen LogP) is 3.26. The van der Waals surface area contributed by atoms with E-state index < -0.39 is 0 Å². The summed E-state index contributed by atoms with van der Waals surface area (Å²) in [5.41, 5.74) is 2.90. The van der Waals surface area contributed by atoms with E-state index in [-0.39, 0.29) is 8.76 Å². The van der Waals surface area contributed by atoms with Crippen LogP contribution in [0.15, 0.2) is 56.2 Å². The standard InChI is InChI=1S/C17H17N5O.2H2/c1-3-7-22(8-4-2)17(23)14-9-12(10-19-14)15-13-5-6-18-16(13)21-11-20-15;;/h3-6,9-11,19H,1-2,7-8H2,(H,18,20,21);2*1H. The Kier molecular flexibility index (Phi) is 4.05. The van der Waals surface area contributed by atoms with Crippen molar-refractivity contribution >= 4 is 16.9 Å². The normalized spacial score (nSPS) is 10.6. The quantitative estimate of drug-likeness (QED) is 0.686. The minimum absolute atomic E-state index is 0. The molecule has 120 valence electrons. The molecule has 0 saturated heterocycles. The predicted molar refractivity (Wildman–Crippen MR) is 94.2 cm³/mol. The third-order valence-corrected chi connectivity index (χ3v) is 3.53. The number of nitrogens with one attached hydrogen (secondary N) is 2. The average Bonchev–Trinajstić information content (AvgIpc) is 3.22. The highest BCUT2D eigenvalue weighted by atomic mass is 16.2. The number of hydrogen-bond acceptors (Lipinski definition) is 3. The number of nitrogens with zero attached hydrogens (tertiary/aromatic N) is 3. The van der Waals surface area contributed by atoms with Crippen LogP contribution < -0.4 is 0 Å². The lowest BCUT2D eigenvalue weighted by molar-refractivity contribution is 0.0786. The highest BCUT2D eigenvalue weighted by Gasteiger charge is 2.17. The SMILES string of the molecule is C=CCN(CC=C)C(=O)c1cc(-c2ncnc3[nH]ccc23)c[nH]1.[HH].[HH]. The lowest BCUT2D eigenvalue weighted by atomic mass is 10.1. The van der Waals surface area contributed by atoms with Gasteiger partial charge in [-0.2, -0.15) is 0 Å². The molecule has 3 rings (SSSR count). The second-order valence-corrected chi connectivity index (χ2v) is 5.05. The Bertz CT molecular complexity index is 861. The summed E-state index contributed by atoms with van der Waals surface area (Å²) in [5.74, 6) is -0.101. The number of aromatic nitrogens is 4. The molecule has 0 aliphatic rings.